The second-order valence-corrected chi connectivity index (χ2v) is 10.1. The molecule has 0 spiro atoms. The zero-order valence-corrected chi connectivity index (χ0v) is 21.1. The Morgan fingerprint density at radius 1 is 1.09 bits per heavy atom. The molecule has 1 amide bonds. The topological polar surface area (TPSA) is 79.8 Å². The number of para-hydroxylation sites is 1. The highest BCUT2D eigenvalue weighted by molar-refractivity contribution is 9.12. The fourth-order valence-corrected chi connectivity index (χ4v) is 5.90. The summed E-state index contributed by atoms with van der Waals surface area (Å²) in [6.45, 7) is 5.44. The zero-order valence-electron chi connectivity index (χ0n) is 19.5. The van der Waals surface area contributed by atoms with E-state index in [0.717, 1.165) is 65.8 Å². The van der Waals surface area contributed by atoms with Gasteiger partial charge < -0.3 is 4.90 Å². The number of hydrogen-bond acceptors (Lipinski definition) is 4. The predicted octanol–water partition coefficient (Wildman–Crippen LogP) is 5.37. The molecule has 0 aliphatic carbocycles. The third-order valence-electron chi connectivity index (χ3n) is 7.17. The van der Waals surface area contributed by atoms with E-state index in [1.54, 1.807) is 11.6 Å². The minimum absolute atomic E-state index is 0.148. The molecule has 5 rings (SSSR count). The first kappa shape index (κ1) is 22.8. The Balaban J connectivity index is 1.46. The number of rotatable bonds is 3. The predicted molar refractivity (Wildman–Crippen MR) is 136 cm³/mol. The number of allylic oxidation sites excluding steroid dienone is 2. The first-order valence-electron chi connectivity index (χ1n) is 11.9. The molecule has 2 aromatic heterocycles. The molecule has 3 aromatic rings. The van der Waals surface area contributed by atoms with Crippen molar-refractivity contribution in [3.8, 4) is 16.8 Å². The van der Waals surface area contributed by atoms with Gasteiger partial charge in [0.2, 0.25) is 5.91 Å². The van der Waals surface area contributed by atoms with Gasteiger partial charge in [-0.2, -0.15) is 10.2 Å². The van der Waals surface area contributed by atoms with Gasteiger partial charge in [-0.15, -0.1) is 0 Å². The molecule has 1 N–H and O–H groups in total. The van der Waals surface area contributed by atoms with E-state index in [4.69, 9.17) is 5.41 Å². The van der Waals surface area contributed by atoms with Crippen molar-refractivity contribution < 1.29 is 4.79 Å². The molecule has 0 bridgehead atoms. The van der Waals surface area contributed by atoms with E-state index in [9.17, 15) is 4.79 Å². The van der Waals surface area contributed by atoms with Crippen LogP contribution in [0.4, 0.5) is 0 Å². The van der Waals surface area contributed by atoms with Crippen LogP contribution < -0.4 is 0 Å². The number of likely N-dealkylation sites (tertiary alicyclic amines) is 1. The highest BCUT2D eigenvalue weighted by atomic mass is 79.9. The summed E-state index contributed by atoms with van der Waals surface area (Å²) in [5, 5.41) is 18.2. The normalized spacial score (nSPS) is 19.7. The monoisotopic (exact) mass is 520 g/mol. The number of nitrogens with one attached hydrogen (secondary N) is 1. The van der Waals surface area contributed by atoms with E-state index in [-0.39, 0.29) is 11.8 Å². The van der Waals surface area contributed by atoms with E-state index < -0.39 is 0 Å². The molecule has 1 saturated heterocycles. The molecule has 176 valence electrons. The lowest BCUT2D eigenvalue weighted by Crippen LogP contribution is -2.38. The summed E-state index contributed by atoms with van der Waals surface area (Å²) in [5.41, 5.74) is 5.38. The van der Waals surface area contributed by atoms with Crippen molar-refractivity contribution in [2.75, 3.05) is 13.1 Å². The Hall–Kier alpha value is -3.00. The lowest BCUT2D eigenvalue weighted by Gasteiger charge is -2.34. The number of carbonyl (C=O) groups is 1. The van der Waals surface area contributed by atoms with E-state index >= 15 is 0 Å². The van der Waals surface area contributed by atoms with Crippen molar-refractivity contribution in [2.45, 2.75) is 45.4 Å². The molecule has 1 atom stereocenters. The number of carbonyl (C=O) groups excluding carboxylic acids is 1. The Morgan fingerprint density at radius 3 is 2.53 bits per heavy atom. The van der Waals surface area contributed by atoms with Crippen LogP contribution in [0.1, 0.15) is 51.1 Å². The first-order valence-corrected chi connectivity index (χ1v) is 12.6. The van der Waals surface area contributed by atoms with Crippen LogP contribution in [-0.4, -0.2) is 49.3 Å². The highest BCUT2D eigenvalue weighted by Crippen LogP contribution is 2.40. The Kier molecular flexibility index (Phi) is 6.25. The van der Waals surface area contributed by atoms with Crippen LogP contribution in [0.2, 0.25) is 0 Å². The van der Waals surface area contributed by atoms with E-state index in [1.807, 2.05) is 58.5 Å². The molecule has 8 heteroatoms. The standard InChI is InChI=1S/C26H29BrN6O/c1-17-8-9-22(19-10-12-31(13-11-19)18(2)34)24(27)26(28)33-25(17)23(15-30-33)20-14-29-32(16-20)21-6-4-3-5-7-21/h3-7,14-17,19,28H,8-13H2,1-2H3. The van der Waals surface area contributed by atoms with Crippen LogP contribution in [0.5, 0.6) is 0 Å². The van der Waals surface area contributed by atoms with Crippen molar-refractivity contribution in [2.24, 2.45) is 5.92 Å². The minimum atomic E-state index is 0.148. The molecule has 7 nitrogen and oxygen atoms in total. The number of amides is 1. The van der Waals surface area contributed by atoms with E-state index in [2.05, 4.69) is 33.1 Å². The fourth-order valence-electron chi connectivity index (χ4n) is 5.21. The van der Waals surface area contributed by atoms with Gasteiger partial charge in [0.15, 0.2) is 5.84 Å². The molecule has 4 heterocycles. The molecule has 34 heavy (non-hydrogen) atoms. The van der Waals surface area contributed by atoms with Crippen molar-refractivity contribution in [1.82, 2.24) is 24.5 Å². The molecule has 0 saturated carbocycles. The summed E-state index contributed by atoms with van der Waals surface area (Å²) in [7, 11) is 0. The van der Waals surface area contributed by atoms with Crippen molar-refractivity contribution >= 4 is 27.7 Å². The summed E-state index contributed by atoms with van der Waals surface area (Å²) >= 11 is 3.77. The second kappa shape index (κ2) is 9.33. The number of aromatic nitrogens is 4. The van der Waals surface area contributed by atoms with Gasteiger partial charge in [-0.3, -0.25) is 10.2 Å². The molecular weight excluding hydrogens is 492 g/mol. The summed E-state index contributed by atoms with van der Waals surface area (Å²) in [6.07, 6.45) is 9.58. The Labute approximate surface area is 208 Å². The summed E-state index contributed by atoms with van der Waals surface area (Å²) in [5.74, 6) is 1.16. The lowest BCUT2D eigenvalue weighted by molar-refractivity contribution is -0.130. The number of nitrogens with zero attached hydrogens (tertiary/aromatic N) is 5. The summed E-state index contributed by atoms with van der Waals surface area (Å²) in [6, 6.07) is 10.1. The number of fused-ring (bicyclic) bond motifs is 1. The van der Waals surface area contributed by atoms with Gasteiger partial charge in [0.05, 0.1) is 28.3 Å². The Morgan fingerprint density at radius 2 is 1.82 bits per heavy atom. The van der Waals surface area contributed by atoms with Gasteiger partial charge in [-0.1, -0.05) is 25.1 Å². The maximum absolute atomic E-state index is 11.7. The molecule has 1 fully saturated rings. The van der Waals surface area contributed by atoms with E-state index in [1.165, 1.54) is 5.57 Å². The van der Waals surface area contributed by atoms with Crippen LogP contribution in [0.25, 0.3) is 16.8 Å². The minimum Gasteiger partial charge on any atom is -0.343 e. The van der Waals surface area contributed by atoms with Crippen molar-refractivity contribution in [3.05, 3.63) is 64.7 Å². The van der Waals surface area contributed by atoms with Crippen molar-refractivity contribution in [3.63, 3.8) is 0 Å². The highest BCUT2D eigenvalue weighted by Gasteiger charge is 2.31. The van der Waals surface area contributed by atoms with Gasteiger partial charge in [0.1, 0.15) is 0 Å². The van der Waals surface area contributed by atoms with Crippen LogP contribution in [-0.2, 0) is 4.79 Å². The maximum Gasteiger partial charge on any atom is 0.219 e. The first-order chi connectivity index (χ1) is 16.4. The number of hydrogen-bond donors (Lipinski definition) is 1. The maximum atomic E-state index is 11.7. The average Bonchev–Trinajstić information content (AvgIpc) is 3.51. The van der Waals surface area contributed by atoms with E-state index in [0.29, 0.717) is 11.8 Å². The van der Waals surface area contributed by atoms with Gasteiger partial charge in [-0.25, -0.2) is 9.36 Å². The molecule has 2 aliphatic heterocycles. The Bertz CT molecular complexity index is 1250. The molecule has 1 aromatic carbocycles. The molecule has 2 aliphatic rings. The van der Waals surface area contributed by atoms with Crippen LogP contribution >= 0.6 is 15.9 Å². The third-order valence-corrected chi connectivity index (χ3v) is 8.05. The van der Waals surface area contributed by atoms with Crippen LogP contribution in [0, 0.1) is 11.3 Å². The number of halogens is 1. The van der Waals surface area contributed by atoms with Crippen LogP contribution in [0.15, 0.2) is 59.0 Å². The smallest absolute Gasteiger partial charge is 0.219 e. The van der Waals surface area contributed by atoms with Crippen LogP contribution in [0.3, 0.4) is 0 Å². The SMILES string of the molecule is CC(=O)N1CCC(C2=C(Br)C(=N)n3ncc(-c4cnn(-c5ccccc5)c4)c3C(C)CC2)CC1. The number of benzene rings is 1. The zero-order chi connectivity index (χ0) is 23.8. The largest absolute Gasteiger partial charge is 0.343 e. The lowest BCUT2D eigenvalue weighted by atomic mass is 9.83. The third kappa shape index (κ3) is 4.15. The second-order valence-electron chi connectivity index (χ2n) is 9.27. The fraction of sp³-hybridized carbons (Fsp3) is 0.385. The molecule has 1 unspecified atom stereocenters. The quantitative estimate of drug-likeness (QED) is 0.504. The summed E-state index contributed by atoms with van der Waals surface area (Å²) < 4.78 is 4.50. The molecule has 0 radical (unpaired) electrons. The van der Waals surface area contributed by atoms with Gasteiger partial charge in [0.25, 0.3) is 0 Å². The van der Waals surface area contributed by atoms with Crippen molar-refractivity contribution in [1.29, 1.82) is 5.41 Å². The summed E-state index contributed by atoms with van der Waals surface area (Å²) in [4.78, 5) is 13.7. The van der Waals surface area contributed by atoms with Gasteiger partial charge in [0, 0.05) is 37.3 Å². The van der Waals surface area contributed by atoms with Gasteiger partial charge in [-0.05, 0) is 71.2 Å². The molecular formula is C26H29BrN6O. The van der Waals surface area contributed by atoms with Gasteiger partial charge >= 0.3 is 0 Å². The number of piperidine rings is 1. The average molecular weight is 521 g/mol.